The maximum absolute atomic E-state index is 14.9. The molecule has 1 amide bonds. The Hall–Kier alpha value is -2.85. The fraction of sp³-hybridized carbons (Fsp3) is 0.333. The summed E-state index contributed by atoms with van der Waals surface area (Å²) >= 11 is 1.47. The molecule has 0 saturated carbocycles. The Labute approximate surface area is 193 Å². The van der Waals surface area contributed by atoms with E-state index in [4.69, 9.17) is 9.47 Å². The zero-order valence-corrected chi connectivity index (χ0v) is 18.7. The summed E-state index contributed by atoms with van der Waals surface area (Å²) in [5.41, 5.74) is 3.58. The highest BCUT2D eigenvalue weighted by Gasteiger charge is 2.21. The van der Waals surface area contributed by atoms with E-state index in [0.29, 0.717) is 30.0 Å². The summed E-state index contributed by atoms with van der Waals surface area (Å²) in [7, 11) is 0. The Bertz CT molecular complexity index is 1340. The number of carbonyl (C=O) groups excluding carboxylic acids is 1. The number of rotatable bonds is 4. The van der Waals surface area contributed by atoms with E-state index in [0.717, 1.165) is 40.1 Å². The first-order valence-electron chi connectivity index (χ1n) is 11.1. The van der Waals surface area contributed by atoms with Gasteiger partial charge in [-0.05, 0) is 55.3 Å². The van der Waals surface area contributed by atoms with Crippen LogP contribution in [0.1, 0.15) is 34.8 Å². The molecule has 1 unspecified atom stereocenters. The van der Waals surface area contributed by atoms with Crippen LogP contribution in [-0.4, -0.2) is 47.9 Å². The van der Waals surface area contributed by atoms with E-state index >= 15 is 0 Å². The summed E-state index contributed by atoms with van der Waals surface area (Å²) in [6.07, 6.45) is 4.01. The van der Waals surface area contributed by atoms with Crippen LogP contribution in [0.25, 0.3) is 26.4 Å². The average molecular weight is 467 g/mol. The largest absolute Gasteiger partial charge is 0.353 e. The number of aromatic nitrogens is 2. The van der Waals surface area contributed by atoms with Crippen molar-refractivity contribution in [1.29, 1.82) is 0 Å². The average Bonchev–Trinajstić information content (AvgIpc) is 3.56. The molecule has 0 radical (unpaired) electrons. The van der Waals surface area contributed by atoms with Gasteiger partial charge in [-0.2, -0.15) is 0 Å². The summed E-state index contributed by atoms with van der Waals surface area (Å²) in [5, 5.41) is 6.34. The lowest BCUT2D eigenvalue weighted by molar-refractivity contribution is -0.110. The lowest BCUT2D eigenvalue weighted by Gasteiger charge is -2.23. The van der Waals surface area contributed by atoms with Crippen molar-refractivity contribution in [2.24, 2.45) is 0 Å². The molecule has 4 heterocycles. The number of imidazole rings is 1. The minimum absolute atomic E-state index is 0.157. The highest BCUT2D eigenvalue weighted by Crippen LogP contribution is 2.32. The first-order chi connectivity index (χ1) is 16.2. The standard InChI is InChI=1S/C24H23FN4O3S/c25-18-8-14(19-2-1-7-26-19)3-5-17(18)20-10-29-21-6-4-15(9-22(21)33-24(29)28-20)23(30)27-16-11-31-13-32-12-16/h3-6,8-10,16,19,26H,1-2,7,11-13H2,(H,27,30). The molecular formula is C24H23FN4O3S. The summed E-state index contributed by atoms with van der Waals surface area (Å²) in [6.45, 7) is 2.13. The molecule has 9 heteroatoms. The molecule has 2 saturated heterocycles. The Balaban J connectivity index is 1.27. The SMILES string of the molecule is O=C(NC1COCOC1)c1ccc2c(c1)sc1nc(-c3ccc(C4CCCN4)cc3F)cn12. The van der Waals surface area contributed by atoms with E-state index in [1.807, 2.05) is 34.9 Å². The van der Waals surface area contributed by atoms with Crippen LogP contribution in [0.3, 0.4) is 0 Å². The Morgan fingerprint density at radius 1 is 1.21 bits per heavy atom. The molecule has 4 aromatic rings. The number of benzene rings is 2. The lowest BCUT2D eigenvalue weighted by Crippen LogP contribution is -2.44. The van der Waals surface area contributed by atoms with Crippen LogP contribution in [0.2, 0.25) is 0 Å². The lowest BCUT2D eigenvalue weighted by atomic mass is 10.0. The van der Waals surface area contributed by atoms with Crippen molar-refractivity contribution in [2.45, 2.75) is 24.9 Å². The molecule has 0 spiro atoms. The number of hydrogen-bond donors (Lipinski definition) is 2. The van der Waals surface area contributed by atoms with Gasteiger partial charge in [-0.3, -0.25) is 9.20 Å². The molecular weight excluding hydrogens is 443 g/mol. The summed E-state index contributed by atoms with van der Waals surface area (Å²) in [5.74, 6) is -0.424. The van der Waals surface area contributed by atoms with Crippen LogP contribution >= 0.6 is 11.3 Å². The van der Waals surface area contributed by atoms with Gasteiger partial charge in [0.1, 0.15) is 12.6 Å². The van der Waals surface area contributed by atoms with Gasteiger partial charge in [0.2, 0.25) is 0 Å². The Morgan fingerprint density at radius 3 is 2.88 bits per heavy atom. The summed E-state index contributed by atoms with van der Waals surface area (Å²) in [4.78, 5) is 18.0. The molecule has 7 nitrogen and oxygen atoms in total. The number of ether oxygens (including phenoxy) is 2. The number of nitrogens with one attached hydrogen (secondary N) is 2. The normalized spacial score (nSPS) is 19.5. The quantitative estimate of drug-likeness (QED) is 0.477. The highest BCUT2D eigenvalue weighted by molar-refractivity contribution is 7.23. The molecule has 33 heavy (non-hydrogen) atoms. The van der Waals surface area contributed by atoms with Crippen molar-refractivity contribution < 1.29 is 18.7 Å². The monoisotopic (exact) mass is 466 g/mol. The second-order valence-corrected chi connectivity index (χ2v) is 9.49. The number of carbonyl (C=O) groups is 1. The Kier molecular flexibility index (Phi) is 5.34. The predicted molar refractivity (Wildman–Crippen MR) is 124 cm³/mol. The zero-order chi connectivity index (χ0) is 22.4. The van der Waals surface area contributed by atoms with Crippen LogP contribution < -0.4 is 10.6 Å². The van der Waals surface area contributed by atoms with E-state index in [2.05, 4.69) is 15.6 Å². The number of nitrogens with zero attached hydrogens (tertiary/aromatic N) is 2. The number of halogens is 1. The van der Waals surface area contributed by atoms with Crippen molar-refractivity contribution in [3.8, 4) is 11.3 Å². The minimum Gasteiger partial charge on any atom is -0.353 e. The second kappa shape index (κ2) is 8.49. The minimum atomic E-state index is -0.258. The topological polar surface area (TPSA) is 76.9 Å². The molecule has 2 aromatic carbocycles. The van der Waals surface area contributed by atoms with Crippen molar-refractivity contribution in [3.63, 3.8) is 0 Å². The molecule has 6 rings (SSSR count). The third-order valence-corrected chi connectivity index (χ3v) is 7.25. The van der Waals surface area contributed by atoms with Gasteiger partial charge in [0.25, 0.3) is 5.91 Å². The van der Waals surface area contributed by atoms with Gasteiger partial charge < -0.3 is 20.1 Å². The van der Waals surface area contributed by atoms with Gasteiger partial charge in [0.15, 0.2) is 4.96 Å². The number of thiazole rings is 1. The van der Waals surface area contributed by atoms with Gasteiger partial charge in [0.05, 0.1) is 35.2 Å². The number of hydrogen-bond acceptors (Lipinski definition) is 6. The zero-order valence-electron chi connectivity index (χ0n) is 17.8. The van der Waals surface area contributed by atoms with Gasteiger partial charge in [-0.15, -0.1) is 0 Å². The van der Waals surface area contributed by atoms with E-state index in [-0.39, 0.29) is 30.6 Å². The van der Waals surface area contributed by atoms with Gasteiger partial charge in [0, 0.05) is 23.4 Å². The van der Waals surface area contributed by atoms with Crippen LogP contribution in [0.4, 0.5) is 4.39 Å². The van der Waals surface area contributed by atoms with Crippen molar-refractivity contribution in [2.75, 3.05) is 26.6 Å². The molecule has 170 valence electrons. The Morgan fingerprint density at radius 2 is 2.09 bits per heavy atom. The number of amides is 1. The molecule has 1 atom stereocenters. The number of fused-ring (bicyclic) bond motifs is 3. The van der Waals surface area contributed by atoms with Crippen LogP contribution in [-0.2, 0) is 9.47 Å². The fourth-order valence-electron chi connectivity index (χ4n) is 4.54. The van der Waals surface area contributed by atoms with Gasteiger partial charge in [-0.1, -0.05) is 17.4 Å². The molecule has 2 aromatic heterocycles. The van der Waals surface area contributed by atoms with E-state index < -0.39 is 0 Å². The maximum atomic E-state index is 14.9. The summed E-state index contributed by atoms with van der Waals surface area (Å²) in [6, 6.07) is 11.1. The molecule has 2 aliphatic heterocycles. The van der Waals surface area contributed by atoms with Gasteiger partial charge in [-0.25, -0.2) is 9.37 Å². The molecule has 0 bridgehead atoms. The van der Waals surface area contributed by atoms with E-state index in [9.17, 15) is 9.18 Å². The fourth-order valence-corrected chi connectivity index (χ4v) is 5.58. The maximum Gasteiger partial charge on any atom is 0.251 e. The predicted octanol–water partition coefficient (Wildman–Crippen LogP) is 3.88. The smallest absolute Gasteiger partial charge is 0.251 e. The second-order valence-electron chi connectivity index (χ2n) is 8.48. The van der Waals surface area contributed by atoms with E-state index in [1.165, 1.54) is 11.3 Å². The van der Waals surface area contributed by atoms with E-state index in [1.54, 1.807) is 12.1 Å². The molecule has 2 N–H and O–H groups in total. The van der Waals surface area contributed by atoms with Crippen molar-refractivity contribution in [3.05, 3.63) is 59.5 Å². The van der Waals surface area contributed by atoms with Crippen LogP contribution in [0, 0.1) is 5.82 Å². The molecule has 0 aliphatic carbocycles. The van der Waals surface area contributed by atoms with Gasteiger partial charge >= 0.3 is 0 Å². The summed E-state index contributed by atoms with van der Waals surface area (Å²) < 4.78 is 28.3. The first-order valence-corrected chi connectivity index (χ1v) is 11.9. The van der Waals surface area contributed by atoms with Crippen LogP contribution in [0.5, 0.6) is 0 Å². The third kappa shape index (κ3) is 3.91. The van der Waals surface area contributed by atoms with Crippen molar-refractivity contribution >= 4 is 32.4 Å². The van der Waals surface area contributed by atoms with Crippen LogP contribution in [0.15, 0.2) is 42.6 Å². The molecule has 2 fully saturated rings. The molecule has 2 aliphatic rings. The highest BCUT2D eigenvalue weighted by atomic mass is 32.1. The first kappa shape index (κ1) is 20.7. The third-order valence-electron chi connectivity index (χ3n) is 6.23. The van der Waals surface area contributed by atoms with Crippen molar-refractivity contribution in [1.82, 2.24) is 20.0 Å².